The van der Waals surface area contributed by atoms with Crippen LogP contribution in [0.1, 0.15) is 59.9 Å². The van der Waals surface area contributed by atoms with Crippen molar-refractivity contribution in [2.24, 2.45) is 0 Å². The van der Waals surface area contributed by atoms with Gasteiger partial charge in [-0.1, -0.05) is 37.2 Å². The number of rotatable bonds is 9. The first-order valence-electron chi connectivity index (χ1n) is 15.1. The van der Waals surface area contributed by atoms with Gasteiger partial charge in [-0.15, -0.1) is 0 Å². The summed E-state index contributed by atoms with van der Waals surface area (Å²) in [6.45, 7) is 11.1. The standard InChI is InChI=1S/C34H37N7O3/c1-6-41(7-2)17-16-36-34(42)33-38-31(25-14-15-35-27-11-9-8-10-24(25)27)30-22-12-13-23(37-32(30)39-33)19-26(28(18-22)43-5)29-20(3)40-44-21(29)4/h8-11,14-15,18-19H,6-7,12-13,16-17H2,1-5H3,(H,36,42)(H,37,38,39)/b22-18+,23-19+,28-26-. The lowest BCUT2D eigenvalue weighted by molar-refractivity contribution is 0.0938. The van der Waals surface area contributed by atoms with Crippen molar-refractivity contribution in [2.75, 3.05) is 38.6 Å². The van der Waals surface area contributed by atoms with Gasteiger partial charge in [0.1, 0.15) is 17.3 Å². The van der Waals surface area contributed by atoms with Crippen LogP contribution >= 0.6 is 0 Å². The number of hydrogen-bond donors (Lipinski definition) is 2. The van der Waals surface area contributed by atoms with Crippen LogP contribution in [0.2, 0.25) is 0 Å². The number of allylic oxidation sites excluding steroid dienone is 5. The number of para-hydroxylation sites is 1. The van der Waals surface area contributed by atoms with Gasteiger partial charge in [-0.25, -0.2) is 9.97 Å². The third kappa shape index (κ3) is 5.48. The molecule has 1 aliphatic heterocycles. The first-order valence-corrected chi connectivity index (χ1v) is 15.1. The molecule has 6 rings (SSSR count). The van der Waals surface area contributed by atoms with E-state index in [0.29, 0.717) is 29.6 Å². The van der Waals surface area contributed by atoms with Gasteiger partial charge in [0.2, 0.25) is 5.82 Å². The van der Waals surface area contributed by atoms with E-state index in [9.17, 15) is 4.79 Å². The zero-order valence-electron chi connectivity index (χ0n) is 25.8. The summed E-state index contributed by atoms with van der Waals surface area (Å²) < 4.78 is 11.5. The minimum Gasteiger partial charge on any atom is -0.496 e. The van der Waals surface area contributed by atoms with Crippen LogP contribution in [-0.2, 0) is 4.74 Å². The summed E-state index contributed by atoms with van der Waals surface area (Å²) in [7, 11) is 1.67. The van der Waals surface area contributed by atoms with Gasteiger partial charge in [0.05, 0.1) is 29.6 Å². The van der Waals surface area contributed by atoms with Crippen LogP contribution in [0.5, 0.6) is 0 Å². The van der Waals surface area contributed by atoms with E-state index < -0.39 is 0 Å². The van der Waals surface area contributed by atoms with Gasteiger partial charge in [-0.05, 0) is 69.6 Å². The highest BCUT2D eigenvalue weighted by Crippen LogP contribution is 2.43. The topological polar surface area (TPSA) is 118 Å². The van der Waals surface area contributed by atoms with E-state index in [2.05, 4.69) is 51.7 Å². The molecule has 1 aliphatic carbocycles. The second-order valence-corrected chi connectivity index (χ2v) is 10.9. The van der Waals surface area contributed by atoms with E-state index in [1.54, 1.807) is 13.3 Å². The van der Waals surface area contributed by atoms with Crippen LogP contribution < -0.4 is 10.6 Å². The molecule has 0 spiro atoms. The normalized spacial score (nSPS) is 18.4. The second kappa shape index (κ2) is 12.4. The molecule has 2 aliphatic rings. The van der Waals surface area contributed by atoms with Crippen LogP contribution in [0, 0.1) is 13.8 Å². The van der Waals surface area contributed by atoms with Gasteiger partial charge in [-0.3, -0.25) is 9.78 Å². The third-order valence-electron chi connectivity index (χ3n) is 8.30. The largest absolute Gasteiger partial charge is 0.496 e. The molecule has 226 valence electrons. The van der Waals surface area contributed by atoms with Crippen LogP contribution in [0.15, 0.2) is 64.7 Å². The Morgan fingerprint density at radius 1 is 1.07 bits per heavy atom. The van der Waals surface area contributed by atoms with Gasteiger partial charge in [0, 0.05) is 47.1 Å². The van der Waals surface area contributed by atoms with Crippen LogP contribution in [0.4, 0.5) is 5.82 Å². The lowest BCUT2D eigenvalue weighted by Crippen LogP contribution is -2.35. The lowest BCUT2D eigenvalue weighted by Gasteiger charge is -2.19. The van der Waals surface area contributed by atoms with Crippen molar-refractivity contribution < 1.29 is 14.1 Å². The molecule has 0 saturated carbocycles. The number of anilines is 1. The molecule has 1 amide bonds. The minimum absolute atomic E-state index is 0.109. The molecule has 10 nitrogen and oxygen atoms in total. The highest BCUT2D eigenvalue weighted by molar-refractivity contribution is 6.01. The number of methoxy groups -OCH3 is 1. The predicted octanol–water partition coefficient (Wildman–Crippen LogP) is 5.91. The van der Waals surface area contributed by atoms with Gasteiger partial charge >= 0.3 is 0 Å². The second-order valence-electron chi connectivity index (χ2n) is 10.9. The summed E-state index contributed by atoms with van der Waals surface area (Å²) in [4.78, 5) is 30.2. The van der Waals surface area contributed by atoms with Crippen LogP contribution in [0.3, 0.4) is 0 Å². The smallest absolute Gasteiger partial charge is 0.289 e. The highest BCUT2D eigenvalue weighted by Gasteiger charge is 2.29. The summed E-state index contributed by atoms with van der Waals surface area (Å²) >= 11 is 0. The summed E-state index contributed by atoms with van der Waals surface area (Å²) in [5.41, 5.74) is 7.70. The summed E-state index contributed by atoms with van der Waals surface area (Å²) in [5, 5.41) is 11.7. The molecule has 10 heteroatoms. The van der Waals surface area contributed by atoms with E-state index in [0.717, 1.165) is 82.6 Å². The van der Waals surface area contributed by atoms with Crippen molar-refractivity contribution in [1.82, 2.24) is 30.3 Å². The summed E-state index contributed by atoms with van der Waals surface area (Å²) in [6.07, 6.45) is 7.36. The van der Waals surface area contributed by atoms with E-state index in [-0.39, 0.29) is 11.7 Å². The predicted molar refractivity (Wildman–Crippen MR) is 172 cm³/mol. The van der Waals surface area contributed by atoms with Gasteiger partial charge < -0.3 is 24.8 Å². The fourth-order valence-corrected chi connectivity index (χ4v) is 5.98. The molecule has 0 saturated heterocycles. The number of likely N-dealkylation sites (N-methyl/N-ethyl adjacent to an activating group) is 1. The van der Waals surface area contributed by atoms with Crippen molar-refractivity contribution in [3.05, 3.63) is 88.5 Å². The number of hydrogen-bond acceptors (Lipinski definition) is 9. The van der Waals surface area contributed by atoms with Crippen LogP contribution in [-0.4, -0.2) is 64.2 Å². The molecule has 1 aromatic carbocycles. The molecule has 0 radical (unpaired) electrons. The Bertz CT molecular complexity index is 1810. The zero-order valence-corrected chi connectivity index (χ0v) is 25.8. The van der Waals surface area contributed by atoms with Crippen molar-refractivity contribution in [2.45, 2.75) is 40.5 Å². The Kier molecular flexibility index (Phi) is 8.25. The lowest BCUT2D eigenvalue weighted by atomic mass is 9.92. The number of nitrogens with zero attached hydrogens (tertiary/aromatic N) is 5. The number of ether oxygens (including phenoxy) is 1. The van der Waals surface area contributed by atoms with Crippen molar-refractivity contribution in [1.29, 1.82) is 0 Å². The molecule has 0 atom stereocenters. The number of pyridine rings is 1. The number of aryl methyl sites for hydroxylation is 2. The number of amides is 1. The maximum Gasteiger partial charge on any atom is 0.289 e. The van der Waals surface area contributed by atoms with E-state index in [1.807, 2.05) is 44.2 Å². The molecule has 2 N–H and O–H groups in total. The van der Waals surface area contributed by atoms with Gasteiger partial charge in [0.25, 0.3) is 5.91 Å². The molecule has 0 unspecified atom stereocenters. The number of carbonyl (C=O) groups excluding carboxylic acids is 1. The van der Waals surface area contributed by atoms with Crippen LogP contribution in [0.25, 0.3) is 33.3 Å². The highest BCUT2D eigenvalue weighted by atomic mass is 16.5. The fourth-order valence-electron chi connectivity index (χ4n) is 5.98. The molecule has 2 bridgehead atoms. The molecular formula is C34H37N7O3. The SMILES string of the molecule is CCN(CC)CCNC(=O)c1nc2c(c(-c3ccnc4ccccc34)n1)/C1=C/C(OC)=C(c3c(C)noc3C)\C=C(/CC1)N2. The number of nitrogens with one attached hydrogen (secondary N) is 2. The maximum atomic E-state index is 13.5. The minimum atomic E-state index is -0.316. The molecule has 3 aromatic heterocycles. The Labute approximate surface area is 256 Å². The van der Waals surface area contributed by atoms with Crippen molar-refractivity contribution in [3.63, 3.8) is 0 Å². The molecule has 4 heterocycles. The molecule has 44 heavy (non-hydrogen) atoms. The van der Waals surface area contributed by atoms with E-state index >= 15 is 0 Å². The van der Waals surface area contributed by atoms with Gasteiger partial charge in [0.15, 0.2) is 0 Å². The van der Waals surface area contributed by atoms with Crippen molar-refractivity contribution >= 4 is 33.8 Å². The molecule has 4 aromatic rings. The zero-order chi connectivity index (χ0) is 30.8. The first kappa shape index (κ1) is 29.3. The number of fused-ring (bicyclic) bond motifs is 6. The number of benzene rings is 1. The third-order valence-corrected chi connectivity index (χ3v) is 8.30. The van der Waals surface area contributed by atoms with Gasteiger partial charge in [-0.2, -0.15) is 0 Å². The Morgan fingerprint density at radius 3 is 2.64 bits per heavy atom. The number of aromatic nitrogens is 4. The average Bonchev–Trinajstić information content (AvgIpc) is 3.29. The Hall–Kier alpha value is -4.83. The Morgan fingerprint density at radius 2 is 1.89 bits per heavy atom. The first-order chi connectivity index (χ1) is 21.4. The molecule has 0 fully saturated rings. The Balaban J connectivity index is 1.54. The fraction of sp³-hybridized carbons (Fsp3) is 0.324. The number of carbonyl (C=O) groups is 1. The van der Waals surface area contributed by atoms with E-state index in [1.165, 1.54) is 0 Å². The monoisotopic (exact) mass is 591 g/mol. The maximum absolute atomic E-state index is 13.5. The summed E-state index contributed by atoms with van der Waals surface area (Å²) in [6, 6.07) is 9.91. The average molecular weight is 592 g/mol. The molecular weight excluding hydrogens is 554 g/mol. The quantitative estimate of drug-likeness (QED) is 0.245. The van der Waals surface area contributed by atoms with Crippen molar-refractivity contribution in [3.8, 4) is 11.3 Å². The van der Waals surface area contributed by atoms with E-state index in [4.69, 9.17) is 19.2 Å². The summed E-state index contributed by atoms with van der Waals surface area (Å²) in [5.74, 6) is 1.77.